The number of halogens is 1. The quantitative estimate of drug-likeness (QED) is 0.305. The lowest BCUT2D eigenvalue weighted by Gasteiger charge is -2.14. The van der Waals surface area contributed by atoms with E-state index in [4.69, 9.17) is 0 Å². The van der Waals surface area contributed by atoms with Crippen molar-refractivity contribution in [3.05, 3.63) is 71.9 Å². The number of aromatic nitrogens is 6. The number of likely N-dealkylation sites (tertiary alicyclic amines) is 1. The summed E-state index contributed by atoms with van der Waals surface area (Å²) in [7, 11) is 0. The zero-order valence-corrected chi connectivity index (χ0v) is 20.1. The van der Waals surface area contributed by atoms with Crippen LogP contribution < -0.4 is 0 Å². The van der Waals surface area contributed by atoms with Crippen LogP contribution in [0.3, 0.4) is 0 Å². The number of aromatic amines is 2. The van der Waals surface area contributed by atoms with E-state index in [9.17, 15) is 4.39 Å². The van der Waals surface area contributed by atoms with Gasteiger partial charge in [0.2, 0.25) is 0 Å². The lowest BCUT2D eigenvalue weighted by Crippen LogP contribution is -2.18. The summed E-state index contributed by atoms with van der Waals surface area (Å²) in [6, 6.07) is 11.5. The summed E-state index contributed by atoms with van der Waals surface area (Å²) >= 11 is 1.09. The minimum atomic E-state index is -0.226. The van der Waals surface area contributed by atoms with Crippen LogP contribution in [0.25, 0.3) is 55.0 Å². The zero-order chi connectivity index (χ0) is 24.1. The lowest BCUT2D eigenvalue weighted by molar-refractivity contribution is 0.331. The second kappa shape index (κ2) is 8.61. The maximum atomic E-state index is 13.7. The average molecular weight is 496 g/mol. The summed E-state index contributed by atoms with van der Waals surface area (Å²) < 4.78 is 13.7. The Bertz CT molecular complexity index is 1710. The predicted octanol–water partition coefficient (Wildman–Crippen LogP) is 6.03. The van der Waals surface area contributed by atoms with Gasteiger partial charge in [-0.15, -0.1) is 11.3 Å². The Morgan fingerprint density at radius 1 is 0.917 bits per heavy atom. The molecule has 2 N–H and O–H groups in total. The monoisotopic (exact) mass is 495 g/mol. The highest BCUT2D eigenvalue weighted by Gasteiger charge is 2.17. The van der Waals surface area contributed by atoms with Gasteiger partial charge in [0.05, 0.1) is 16.3 Å². The van der Waals surface area contributed by atoms with Crippen molar-refractivity contribution in [2.45, 2.75) is 19.4 Å². The summed E-state index contributed by atoms with van der Waals surface area (Å²) in [6.07, 6.45) is 9.97. The fourth-order valence-electron chi connectivity index (χ4n) is 5.02. The van der Waals surface area contributed by atoms with Crippen LogP contribution in [0.5, 0.6) is 0 Å². The fourth-order valence-corrected chi connectivity index (χ4v) is 5.76. The smallest absolute Gasteiger partial charge is 0.177 e. The summed E-state index contributed by atoms with van der Waals surface area (Å²) in [5, 5.41) is 9.24. The molecule has 0 radical (unpaired) electrons. The minimum absolute atomic E-state index is 0.226. The number of hydrogen-bond donors (Lipinski definition) is 2. The molecule has 0 atom stereocenters. The third kappa shape index (κ3) is 3.77. The number of H-pyrrole nitrogens is 2. The van der Waals surface area contributed by atoms with Crippen molar-refractivity contribution < 1.29 is 4.39 Å². The van der Waals surface area contributed by atoms with Crippen molar-refractivity contribution >= 4 is 33.3 Å². The normalized spacial score (nSPS) is 14.4. The Morgan fingerprint density at radius 2 is 1.81 bits per heavy atom. The molecule has 7 rings (SSSR count). The van der Waals surface area contributed by atoms with E-state index in [1.165, 1.54) is 24.5 Å². The highest BCUT2D eigenvalue weighted by atomic mass is 32.1. The van der Waals surface area contributed by atoms with E-state index in [-0.39, 0.29) is 5.13 Å². The SMILES string of the molecule is Fc1ccc(-c2nccc3[nH]c(-c4n[nH]c5ncc(-c6cncc(CN7CCCC7)c6)cc45)cc23)s1. The van der Waals surface area contributed by atoms with Gasteiger partial charge in [0.1, 0.15) is 5.69 Å². The first kappa shape index (κ1) is 21.3. The van der Waals surface area contributed by atoms with Crippen molar-refractivity contribution in [3.63, 3.8) is 0 Å². The number of nitrogens with zero attached hydrogens (tertiary/aromatic N) is 5. The molecule has 1 aliphatic rings. The highest BCUT2D eigenvalue weighted by Crippen LogP contribution is 2.35. The van der Waals surface area contributed by atoms with Gasteiger partial charge in [0, 0.05) is 58.7 Å². The van der Waals surface area contributed by atoms with E-state index >= 15 is 0 Å². The molecule has 7 heterocycles. The average Bonchev–Trinajstić information content (AvgIpc) is 3.70. The Balaban J connectivity index is 1.28. The van der Waals surface area contributed by atoms with Crippen molar-refractivity contribution in [2.24, 2.45) is 0 Å². The molecule has 0 aromatic carbocycles. The van der Waals surface area contributed by atoms with Crippen LogP contribution in [0.1, 0.15) is 18.4 Å². The first-order chi connectivity index (χ1) is 17.7. The van der Waals surface area contributed by atoms with E-state index in [2.05, 4.69) is 47.2 Å². The maximum absolute atomic E-state index is 13.7. The second-order valence-electron chi connectivity index (χ2n) is 9.17. The van der Waals surface area contributed by atoms with E-state index in [0.717, 1.165) is 80.3 Å². The highest BCUT2D eigenvalue weighted by molar-refractivity contribution is 7.13. The number of rotatable bonds is 5. The molecule has 36 heavy (non-hydrogen) atoms. The molecule has 6 aromatic rings. The van der Waals surface area contributed by atoms with Crippen LogP contribution >= 0.6 is 11.3 Å². The molecule has 0 spiro atoms. The van der Waals surface area contributed by atoms with E-state index in [1.54, 1.807) is 12.3 Å². The third-order valence-corrected chi connectivity index (χ3v) is 7.64. The van der Waals surface area contributed by atoms with Gasteiger partial charge in [0.15, 0.2) is 10.8 Å². The summed E-state index contributed by atoms with van der Waals surface area (Å²) in [5.41, 5.74) is 7.26. The van der Waals surface area contributed by atoms with Crippen molar-refractivity contribution in [2.75, 3.05) is 13.1 Å². The minimum Gasteiger partial charge on any atom is -0.353 e. The molecule has 1 fully saturated rings. The molecule has 0 bridgehead atoms. The zero-order valence-electron chi connectivity index (χ0n) is 19.3. The Morgan fingerprint density at radius 3 is 2.67 bits per heavy atom. The number of thiophene rings is 1. The number of nitrogens with one attached hydrogen (secondary N) is 2. The molecular weight excluding hydrogens is 473 g/mol. The van der Waals surface area contributed by atoms with Crippen LogP contribution in [-0.2, 0) is 6.54 Å². The summed E-state index contributed by atoms with van der Waals surface area (Å²) in [6.45, 7) is 3.23. The first-order valence-corrected chi connectivity index (χ1v) is 12.8. The van der Waals surface area contributed by atoms with Crippen LogP contribution in [0.2, 0.25) is 0 Å². The van der Waals surface area contributed by atoms with Gasteiger partial charge in [0.25, 0.3) is 0 Å². The Kier molecular flexibility index (Phi) is 5.11. The van der Waals surface area contributed by atoms with Gasteiger partial charge in [-0.3, -0.25) is 20.0 Å². The van der Waals surface area contributed by atoms with Crippen LogP contribution in [0.4, 0.5) is 4.39 Å². The molecule has 0 amide bonds. The number of fused-ring (bicyclic) bond motifs is 2. The van der Waals surface area contributed by atoms with Gasteiger partial charge < -0.3 is 4.98 Å². The Labute approximate surface area is 210 Å². The van der Waals surface area contributed by atoms with Gasteiger partial charge in [-0.1, -0.05) is 0 Å². The topological polar surface area (TPSA) is 86.4 Å². The van der Waals surface area contributed by atoms with Gasteiger partial charge in [-0.25, -0.2) is 4.98 Å². The lowest BCUT2D eigenvalue weighted by atomic mass is 10.1. The molecule has 0 aliphatic carbocycles. The molecule has 7 nitrogen and oxygen atoms in total. The van der Waals surface area contributed by atoms with Crippen LogP contribution in [0, 0.1) is 5.13 Å². The van der Waals surface area contributed by atoms with E-state index < -0.39 is 0 Å². The standard InChI is InChI=1S/C27H22FN7S/c28-24-4-3-23(36-24)26-19-11-22(32-21(19)5-6-30-26)25-20-10-18(14-31-27(20)34-33-25)17-9-16(12-29-13-17)15-35-7-1-2-8-35/h3-6,9-14,32H,1-2,7-8,15H2,(H,31,33,34). The Hall–Kier alpha value is -3.95. The van der Waals surface area contributed by atoms with Gasteiger partial charge in [-0.05, 0) is 67.9 Å². The second-order valence-corrected chi connectivity index (χ2v) is 10.2. The van der Waals surface area contributed by atoms with E-state index in [1.807, 2.05) is 30.7 Å². The van der Waals surface area contributed by atoms with Crippen LogP contribution in [-0.4, -0.2) is 48.1 Å². The molecule has 178 valence electrons. The van der Waals surface area contributed by atoms with Crippen molar-refractivity contribution in [3.8, 4) is 33.1 Å². The van der Waals surface area contributed by atoms with Crippen LogP contribution in [0.15, 0.2) is 61.2 Å². The van der Waals surface area contributed by atoms with Gasteiger partial charge >= 0.3 is 0 Å². The molecule has 1 aliphatic heterocycles. The number of hydrogen-bond acceptors (Lipinski definition) is 6. The fraction of sp³-hybridized carbons (Fsp3) is 0.185. The molecule has 6 aromatic heterocycles. The molecular formula is C27H22FN7S. The number of pyridine rings is 3. The van der Waals surface area contributed by atoms with E-state index in [0.29, 0.717) is 5.65 Å². The summed E-state index contributed by atoms with van der Waals surface area (Å²) in [5.74, 6) is 0. The molecule has 9 heteroatoms. The first-order valence-electron chi connectivity index (χ1n) is 12.0. The summed E-state index contributed by atoms with van der Waals surface area (Å²) in [4.78, 5) is 20.4. The third-order valence-electron chi connectivity index (χ3n) is 6.76. The van der Waals surface area contributed by atoms with Gasteiger partial charge in [-0.2, -0.15) is 9.49 Å². The predicted molar refractivity (Wildman–Crippen MR) is 140 cm³/mol. The molecule has 0 unspecified atom stereocenters. The molecule has 1 saturated heterocycles. The van der Waals surface area contributed by atoms with Crippen molar-refractivity contribution in [1.29, 1.82) is 0 Å². The molecule has 0 saturated carbocycles. The van der Waals surface area contributed by atoms with Crippen molar-refractivity contribution in [1.82, 2.24) is 35.0 Å². The largest absolute Gasteiger partial charge is 0.353 e. The maximum Gasteiger partial charge on any atom is 0.177 e.